The molecule has 0 radical (unpaired) electrons. The van der Waals surface area contributed by atoms with Crippen LogP contribution >= 0.6 is 11.8 Å². The molecule has 2 aromatic heterocycles. The zero-order valence-electron chi connectivity index (χ0n) is 18.3. The van der Waals surface area contributed by atoms with E-state index in [4.69, 9.17) is 4.99 Å². The number of nitrogens with zero attached hydrogens (tertiary/aromatic N) is 4. The molecule has 1 fully saturated rings. The van der Waals surface area contributed by atoms with E-state index in [2.05, 4.69) is 85.5 Å². The van der Waals surface area contributed by atoms with Gasteiger partial charge in [0.15, 0.2) is 5.17 Å². The van der Waals surface area contributed by atoms with Crippen LogP contribution in [0.4, 0.5) is 0 Å². The first-order valence-electron chi connectivity index (χ1n) is 10.6. The molecule has 154 valence electrons. The summed E-state index contributed by atoms with van der Waals surface area (Å²) in [4.78, 5) is 12.3. The molecule has 2 aliphatic rings. The number of benzene rings is 1. The Labute approximate surface area is 183 Å². The number of aryl methyl sites for hydroxylation is 3. The molecule has 5 heteroatoms. The minimum atomic E-state index is 0.0365. The average Bonchev–Trinajstić information content (AvgIpc) is 3.31. The van der Waals surface area contributed by atoms with E-state index in [1.165, 1.54) is 38.9 Å². The number of aromatic nitrogens is 2. The van der Waals surface area contributed by atoms with E-state index in [-0.39, 0.29) is 12.1 Å². The van der Waals surface area contributed by atoms with Crippen molar-refractivity contribution in [2.45, 2.75) is 52.0 Å². The lowest BCUT2D eigenvalue weighted by atomic mass is 9.96. The van der Waals surface area contributed by atoms with Crippen molar-refractivity contribution in [1.29, 1.82) is 0 Å². The van der Waals surface area contributed by atoms with Crippen LogP contribution in [0.1, 0.15) is 52.8 Å². The van der Waals surface area contributed by atoms with Crippen molar-refractivity contribution in [3.63, 3.8) is 0 Å². The average molecular weight is 417 g/mol. The molecular weight excluding hydrogens is 388 g/mol. The van der Waals surface area contributed by atoms with Gasteiger partial charge in [-0.15, -0.1) is 0 Å². The third-order valence-electron chi connectivity index (χ3n) is 6.13. The van der Waals surface area contributed by atoms with Crippen molar-refractivity contribution in [2.24, 2.45) is 4.99 Å². The Kier molecular flexibility index (Phi) is 4.73. The predicted octanol–water partition coefficient (Wildman–Crippen LogP) is 5.70. The van der Waals surface area contributed by atoms with Crippen LogP contribution in [0.5, 0.6) is 0 Å². The Hall–Kier alpha value is -2.53. The van der Waals surface area contributed by atoms with Gasteiger partial charge in [-0.1, -0.05) is 30.8 Å². The Morgan fingerprint density at radius 2 is 1.77 bits per heavy atom. The van der Waals surface area contributed by atoms with Crippen LogP contribution in [-0.2, 0) is 0 Å². The van der Waals surface area contributed by atoms with Crippen LogP contribution in [0.15, 0.2) is 53.7 Å². The van der Waals surface area contributed by atoms with E-state index >= 15 is 0 Å². The van der Waals surface area contributed by atoms with Gasteiger partial charge in [0.2, 0.25) is 0 Å². The summed E-state index contributed by atoms with van der Waals surface area (Å²) in [6, 6.07) is 15.5. The fourth-order valence-corrected chi connectivity index (χ4v) is 6.11. The Morgan fingerprint density at radius 1 is 1.00 bits per heavy atom. The van der Waals surface area contributed by atoms with E-state index in [0.717, 1.165) is 12.2 Å². The molecule has 5 rings (SSSR count). The fraction of sp³-hybridized carbons (Fsp3) is 0.360. The van der Waals surface area contributed by atoms with Crippen LogP contribution in [0.2, 0.25) is 0 Å². The van der Waals surface area contributed by atoms with Gasteiger partial charge < -0.3 is 9.47 Å². The van der Waals surface area contributed by atoms with Gasteiger partial charge in [-0.25, -0.2) is 0 Å². The van der Waals surface area contributed by atoms with Gasteiger partial charge in [0.05, 0.1) is 11.7 Å². The maximum atomic E-state index is 5.14. The number of fused-ring (bicyclic) bond motifs is 1. The quantitative estimate of drug-likeness (QED) is 0.549. The monoisotopic (exact) mass is 416 g/mol. The van der Waals surface area contributed by atoms with Crippen molar-refractivity contribution in [1.82, 2.24) is 14.5 Å². The van der Waals surface area contributed by atoms with Gasteiger partial charge in [-0.05, 0) is 74.7 Å². The molecule has 1 aromatic carbocycles. The highest BCUT2D eigenvalue weighted by Crippen LogP contribution is 2.48. The lowest BCUT2D eigenvalue weighted by molar-refractivity contribution is 0.320. The van der Waals surface area contributed by atoms with Crippen molar-refractivity contribution < 1.29 is 0 Å². The first-order chi connectivity index (χ1) is 14.4. The molecule has 0 N–H and O–H groups in total. The zero-order chi connectivity index (χ0) is 21.0. The molecule has 0 saturated carbocycles. The minimum Gasteiger partial charge on any atom is -0.341 e. The summed E-state index contributed by atoms with van der Waals surface area (Å²) in [5.74, 6) is 0. The zero-order valence-corrected chi connectivity index (χ0v) is 19.1. The van der Waals surface area contributed by atoms with E-state index in [1.807, 2.05) is 24.0 Å². The smallest absolute Gasteiger partial charge is 0.160 e. The molecule has 0 aliphatic carbocycles. The summed E-state index contributed by atoms with van der Waals surface area (Å²) < 4.78 is 2.40. The Balaban J connectivity index is 1.63. The SMILES string of the molecule is Cc1cc(C)cc(-n2c(C)cc([C@@H]3[C@H](c4ccccn4)N=C4S[C@@H](C)CN43)c2C)c1. The van der Waals surface area contributed by atoms with Gasteiger partial charge in [-0.3, -0.25) is 9.98 Å². The number of pyridine rings is 1. The third kappa shape index (κ3) is 3.16. The maximum absolute atomic E-state index is 5.14. The van der Waals surface area contributed by atoms with Gasteiger partial charge in [-0.2, -0.15) is 0 Å². The first kappa shape index (κ1) is 19.4. The maximum Gasteiger partial charge on any atom is 0.160 e. The van der Waals surface area contributed by atoms with Crippen molar-refractivity contribution in [3.05, 3.63) is 82.4 Å². The van der Waals surface area contributed by atoms with Gasteiger partial charge in [0.1, 0.15) is 6.04 Å². The standard InChI is InChI=1S/C25H28N4S/c1-15-10-16(2)12-20(11-15)29-17(3)13-21(19(29)5)24-23(22-8-6-7-9-26-22)27-25-28(24)14-18(4)30-25/h6-13,18,23-24H,14H2,1-5H3/t18-,23-,24+/m0/s1. The number of hydrogen-bond acceptors (Lipinski definition) is 4. The van der Waals surface area contributed by atoms with Crippen LogP contribution in [0, 0.1) is 27.7 Å². The molecule has 0 unspecified atom stereocenters. The predicted molar refractivity (Wildman–Crippen MR) is 126 cm³/mol. The Morgan fingerprint density at radius 3 is 2.47 bits per heavy atom. The van der Waals surface area contributed by atoms with Gasteiger partial charge in [0.25, 0.3) is 0 Å². The number of thioether (sulfide) groups is 1. The van der Waals surface area contributed by atoms with Crippen molar-refractivity contribution in [2.75, 3.05) is 6.54 Å². The fourth-order valence-electron chi connectivity index (χ4n) is 5.02. The van der Waals surface area contributed by atoms with Crippen molar-refractivity contribution >= 4 is 16.9 Å². The second kappa shape index (κ2) is 7.31. The molecule has 0 spiro atoms. The van der Waals surface area contributed by atoms with Crippen LogP contribution < -0.4 is 0 Å². The van der Waals surface area contributed by atoms with Crippen LogP contribution in [0.3, 0.4) is 0 Å². The normalized spacial score (nSPS) is 23.0. The molecular formula is C25H28N4S. The number of aliphatic imine (C=N–C) groups is 1. The van der Waals surface area contributed by atoms with Crippen LogP contribution in [-0.4, -0.2) is 31.4 Å². The minimum absolute atomic E-state index is 0.0365. The molecule has 30 heavy (non-hydrogen) atoms. The lowest BCUT2D eigenvalue weighted by Crippen LogP contribution is -2.28. The molecule has 4 nitrogen and oxygen atoms in total. The molecule has 2 aliphatic heterocycles. The van der Waals surface area contributed by atoms with E-state index in [0.29, 0.717) is 5.25 Å². The largest absolute Gasteiger partial charge is 0.341 e. The summed E-state index contributed by atoms with van der Waals surface area (Å²) in [5, 5.41) is 1.73. The molecule has 1 saturated heterocycles. The first-order valence-corrected chi connectivity index (χ1v) is 11.5. The summed E-state index contributed by atoms with van der Waals surface area (Å²) in [5.41, 5.74) is 8.80. The van der Waals surface area contributed by atoms with E-state index < -0.39 is 0 Å². The summed E-state index contributed by atoms with van der Waals surface area (Å²) in [6.07, 6.45) is 1.88. The van der Waals surface area contributed by atoms with Gasteiger partial charge in [0, 0.05) is 35.1 Å². The summed E-state index contributed by atoms with van der Waals surface area (Å²) in [7, 11) is 0. The second-order valence-electron chi connectivity index (χ2n) is 8.64. The van der Waals surface area contributed by atoms with E-state index in [1.54, 1.807) is 0 Å². The molecule has 0 amide bonds. The highest BCUT2D eigenvalue weighted by Gasteiger charge is 2.44. The lowest BCUT2D eigenvalue weighted by Gasteiger charge is -2.27. The molecule has 3 atom stereocenters. The molecule has 3 aromatic rings. The van der Waals surface area contributed by atoms with Crippen LogP contribution in [0.25, 0.3) is 5.69 Å². The second-order valence-corrected chi connectivity index (χ2v) is 10.1. The summed E-state index contributed by atoms with van der Waals surface area (Å²) in [6.45, 7) is 12.1. The number of amidine groups is 1. The number of rotatable bonds is 3. The van der Waals surface area contributed by atoms with Gasteiger partial charge >= 0.3 is 0 Å². The van der Waals surface area contributed by atoms with E-state index in [9.17, 15) is 0 Å². The molecule has 0 bridgehead atoms. The topological polar surface area (TPSA) is 33.4 Å². The number of hydrogen-bond donors (Lipinski definition) is 0. The van der Waals surface area contributed by atoms with Crippen molar-refractivity contribution in [3.8, 4) is 5.69 Å². The third-order valence-corrected chi connectivity index (χ3v) is 7.24. The molecule has 4 heterocycles. The summed E-state index contributed by atoms with van der Waals surface area (Å²) >= 11 is 1.89. The Bertz CT molecular complexity index is 1110. The highest BCUT2D eigenvalue weighted by molar-refractivity contribution is 8.14. The highest BCUT2D eigenvalue weighted by atomic mass is 32.2.